The summed E-state index contributed by atoms with van der Waals surface area (Å²) in [7, 11) is 1.35. The van der Waals surface area contributed by atoms with Gasteiger partial charge in [0.1, 0.15) is 5.78 Å². The van der Waals surface area contributed by atoms with Crippen molar-refractivity contribution in [1.82, 2.24) is 0 Å². The Labute approximate surface area is 120 Å². The number of hydrogen-bond acceptors (Lipinski definition) is 4. The van der Waals surface area contributed by atoms with Gasteiger partial charge in [-0.3, -0.25) is 0 Å². The quantitative estimate of drug-likeness (QED) is 0.685. The molecule has 0 aromatic heterocycles. The van der Waals surface area contributed by atoms with E-state index in [1.165, 1.54) is 7.11 Å². The van der Waals surface area contributed by atoms with Gasteiger partial charge in [0.25, 0.3) is 0 Å². The van der Waals surface area contributed by atoms with E-state index in [-0.39, 0.29) is 17.7 Å². The molecule has 0 N–H and O–H groups in total. The van der Waals surface area contributed by atoms with E-state index in [1.807, 2.05) is 37.3 Å². The predicted molar refractivity (Wildman–Crippen MR) is 76.4 cm³/mol. The summed E-state index contributed by atoms with van der Waals surface area (Å²) in [5.74, 6) is -0.168. The maximum Gasteiger partial charge on any atom is 0.335 e. The monoisotopic (exact) mass is 278 g/mol. The third-order valence-corrected chi connectivity index (χ3v) is 2.95. The fraction of sp³-hybridized carbons (Fsp3) is 0.500. The lowest BCUT2D eigenvalue weighted by Gasteiger charge is -2.18. The van der Waals surface area contributed by atoms with E-state index in [0.29, 0.717) is 19.4 Å². The molecule has 0 bridgehead atoms. The summed E-state index contributed by atoms with van der Waals surface area (Å²) in [6.45, 7) is 3.85. The molecule has 0 aliphatic rings. The van der Waals surface area contributed by atoms with Gasteiger partial charge in [-0.2, -0.15) is 0 Å². The summed E-state index contributed by atoms with van der Waals surface area (Å²) in [6, 6.07) is 9.65. The van der Waals surface area contributed by atoms with E-state index in [0.717, 1.165) is 5.56 Å². The Morgan fingerprint density at radius 3 is 2.40 bits per heavy atom. The zero-order valence-corrected chi connectivity index (χ0v) is 12.3. The first kappa shape index (κ1) is 16.4. The van der Waals surface area contributed by atoms with Crippen molar-refractivity contribution in [1.29, 1.82) is 0 Å². The van der Waals surface area contributed by atoms with E-state index in [1.54, 1.807) is 6.92 Å². The number of carbonyl (C=O) groups is 2. The van der Waals surface area contributed by atoms with Crippen LogP contribution in [0.15, 0.2) is 30.3 Å². The van der Waals surface area contributed by atoms with E-state index in [2.05, 4.69) is 0 Å². The fourth-order valence-electron chi connectivity index (χ4n) is 2.00. The highest BCUT2D eigenvalue weighted by atomic mass is 16.6. The molecule has 4 nitrogen and oxygen atoms in total. The average Bonchev–Trinajstić information content (AvgIpc) is 2.43. The van der Waals surface area contributed by atoms with Crippen molar-refractivity contribution >= 4 is 11.8 Å². The zero-order chi connectivity index (χ0) is 15.0. The molecule has 20 heavy (non-hydrogen) atoms. The molecule has 0 saturated heterocycles. The van der Waals surface area contributed by atoms with Gasteiger partial charge in [-0.15, -0.1) is 0 Å². The highest BCUT2D eigenvalue weighted by Crippen LogP contribution is 2.11. The molecule has 1 aromatic carbocycles. The van der Waals surface area contributed by atoms with Crippen LogP contribution in [0.25, 0.3) is 0 Å². The number of methoxy groups -OCH3 is 1. The summed E-state index contributed by atoms with van der Waals surface area (Å²) in [5, 5.41) is 0. The fourth-order valence-corrected chi connectivity index (χ4v) is 2.00. The van der Waals surface area contributed by atoms with Crippen LogP contribution in [0.1, 0.15) is 25.8 Å². The summed E-state index contributed by atoms with van der Waals surface area (Å²) >= 11 is 0. The second-order valence-electron chi connectivity index (χ2n) is 5.05. The van der Waals surface area contributed by atoms with Crippen molar-refractivity contribution in [2.45, 2.75) is 32.8 Å². The third kappa shape index (κ3) is 5.97. The van der Waals surface area contributed by atoms with Crippen LogP contribution in [-0.2, 0) is 25.5 Å². The van der Waals surface area contributed by atoms with Crippen LogP contribution in [0, 0.1) is 5.92 Å². The van der Waals surface area contributed by atoms with Crippen LogP contribution < -0.4 is 0 Å². The largest absolute Gasteiger partial charge is 0.467 e. The number of ether oxygens (including phenoxy) is 2. The molecule has 0 amide bonds. The molecule has 2 atom stereocenters. The second-order valence-corrected chi connectivity index (χ2v) is 5.05. The van der Waals surface area contributed by atoms with Crippen LogP contribution in [0.3, 0.4) is 0 Å². The summed E-state index contributed by atoms with van der Waals surface area (Å²) in [6.07, 6.45) is 0.302. The number of esters is 1. The van der Waals surface area contributed by atoms with Crippen molar-refractivity contribution in [2.24, 2.45) is 5.92 Å². The Bertz CT molecular complexity index is 427. The summed E-state index contributed by atoms with van der Waals surface area (Å²) in [5.41, 5.74) is 1.02. The number of benzene rings is 1. The Balaban J connectivity index is 2.57. The number of ketones is 1. The molecule has 0 fully saturated rings. The first-order valence-corrected chi connectivity index (χ1v) is 6.75. The molecule has 1 aromatic rings. The van der Waals surface area contributed by atoms with Gasteiger partial charge in [0.15, 0.2) is 6.10 Å². The van der Waals surface area contributed by atoms with Gasteiger partial charge in [-0.25, -0.2) is 4.79 Å². The van der Waals surface area contributed by atoms with Gasteiger partial charge in [0, 0.05) is 12.8 Å². The smallest absolute Gasteiger partial charge is 0.335 e. The minimum atomic E-state index is -0.628. The number of hydrogen-bond donors (Lipinski definition) is 0. The summed E-state index contributed by atoms with van der Waals surface area (Å²) in [4.78, 5) is 22.8. The van der Waals surface area contributed by atoms with Gasteiger partial charge < -0.3 is 14.3 Å². The highest BCUT2D eigenvalue weighted by Gasteiger charge is 2.21. The van der Waals surface area contributed by atoms with Gasteiger partial charge in [0.2, 0.25) is 0 Å². The van der Waals surface area contributed by atoms with Crippen LogP contribution in [0.4, 0.5) is 0 Å². The average molecular weight is 278 g/mol. The van der Waals surface area contributed by atoms with Crippen molar-refractivity contribution in [3.8, 4) is 0 Å². The third-order valence-electron chi connectivity index (χ3n) is 2.95. The van der Waals surface area contributed by atoms with Crippen molar-refractivity contribution in [3.05, 3.63) is 35.9 Å². The van der Waals surface area contributed by atoms with Crippen LogP contribution in [0.5, 0.6) is 0 Å². The maximum absolute atomic E-state index is 11.7. The minimum absolute atomic E-state index is 0.0930. The van der Waals surface area contributed by atoms with Crippen molar-refractivity contribution in [2.75, 3.05) is 13.7 Å². The number of Topliss-reactive ketones (excluding diaryl/α,β-unsaturated/α-hetero) is 1. The van der Waals surface area contributed by atoms with Crippen LogP contribution in [0.2, 0.25) is 0 Å². The first-order chi connectivity index (χ1) is 9.52. The second kappa shape index (κ2) is 8.48. The first-order valence-electron chi connectivity index (χ1n) is 6.75. The van der Waals surface area contributed by atoms with Crippen LogP contribution >= 0.6 is 0 Å². The zero-order valence-electron chi connectivity index (χ0n) is 12.3. The molecule has 4 heteroatoms. The lowest BCUT2D eigenvalue weighted by atomic mass is 10.1. The molecule has 0 aliphatic carbocycles. The molecule has 0 aliphatic heterocycles. The van der Waals surface area contributed by atoms with E-state index in [9.17, 15) is 9.59 Å². The molecule has 2 unspecified atom stereocenters. The van der Waals surface area contributed by atoms with Gasteiger partial charge in [-0.05, 0) is 18.4 Å². The Morgan fingerprint density at radius 1 is 1.20 bits per heavy atom. The molecule has 0 saturated carbocycles. The van der Waals surface area contributed by atoms with Gasteiger partial charge >= 0.3 is 5.97 Å². The highest BCUT2D eigenvalue weighted by molar-refractivity contribution is 5.76. The lowest BCUT2D eigenvalue weighted by Crippen LogP contribution is -2.30. The normalized spacial score (nSPS) is 13.6. The van der Waals surface area contributed by atoms with E-state index < -0.39 is 6.10 Å². The molecule has 0 spiro atoms. The van der Waals surface area contributed by atoms with E-state index >= 15 is 0 Å². The molecular formula is C16H22O4. The molecule has 0 radical (unpaired) electrons. The molecule has 0 heterocycles. The maximum atomic E-state index is 11.7. The molecular weight excluding hydrogens is 256 g/mol. The Hall–Kier alpha value is -1.68. The number of carbonyl (C=O) groups excluding carboxylic acids is 2. The van der Waals surface area contributed by atoms with Gasteiger partial charge in [0.05, 0.1) is 13.7 Å². The lowest BCUT2D eigenvalue weighted by molar-refractivity contribution is -0.154. The van der Waals surface area contributed by atoms with E-state index in [4.69, 9.17) is 9.47 Å². The SMILES string of the molecule is COC(=O)C(Cc1ccccc1)OCC(C)CC(C)=O. The standard InChI is InChI=1S/C16H22O4/c1-12(9-13(2)17)11-20-15(16(18)19-3)10-14-7-5-4-6-8-14/h4-8,12,15H,9-11H2,1-3H3. The Kier molecular flexibility index (Phi) is 6.94. The van der Waals surface area contributed by atoms with Crippen molar-refractivity contribution < 1.29 is 19.1 Å². The minimum Gasteiger partial charge on any atom is -0.467 e. The van der Waals surface area contributed by atoms with Crippen LogP contribution in [-0.4, -0.2) is 31.6 Å². The molecule has 110 valence electrons. The van der Waals surface area contributed by atoms with Crippen molar-refractivity contribution in [3.63, 3.8) is 0 Å². The number of rotatable bonds is 8. The predicted octanol–water partition coefficient (Wildman–Crippen LogP) is 2.40. The molecule has 1 rings (SSSR count). The topological polar surface area (TPSA) is 52.6 Å². The van der Waals surface area contributed by atoms with Gasteiger partial charge in [-0.1, -0.05) is 37.3 Å². The Morgan fingerprint density at radius 2 is 1.85 bits per heavy atom. The summed E-state index contributed by atoms with van der Waals surface area (Å²) < 4.78 is 10.4.